The highest BCUT2D eigenvalue weighted by molar-refractivity contribution is 6.30. The maximum absolute atomic E-state index is 6.32. The number of halogens is 1. The highest BCUT2D eigenvalue weighted by Crippen LogP contribution is 2.34. The summed E-state index contributed by atoms with van der Waals surface area (Å²) in [5.41, 5.74) is 7.12. The molecule has 4 nitrogen and oxygen atoms in total. The van der Waals surface area contributed by atoms with Crippen LogP contribution in [0.5, 0.6) is 0 Å². The Balaban J connectivity index is 1.60. The quantitative estimate of drug-likeness (QED) is 0.329. The standard InChI is InChI=1S/C26H17ClN4/c27-23-14-24(25(29-15-23)18-6-2-1-3-7-18)21-10-4-8-19(12-21)20-9-5-11-22(13-20)26-30-16-28-17-31-26/h1-17H. The number of aromatic nitrogens is 4. The Labute approximate surface area is 185 Å². The molecule has 5 rings (SSSR count). The molecular formula is C26H17ClN4. The van der Waals surface area contributed by atoms with E-state index in [1.54, 1.807) is 6.20 Å². The van der Waals surface area contributed by atoms with E-state index in [0.29, 0.717) is 10.8 Å². The van der Waals surface area contributed by atoms with E-state index >= 15 is 0 Å². The summed E-state index contributed by atoms with van der Waals surface area (Å²) in [5.74, 6) is 0.651. The van der Waals surface area contributed by atoms with Crippen LogP contribution in [0.2, 0.25) is 5.02 Å². The lowest BCUT2D eigenvalue weighted by Gasteiger charge is -2.12. The molecule has 0 aliphatic carbocycles. The predicted molar refractivity (Wildman–Crippen MR) is 124 cm³/mol. The number of pyridine rings is 1. The number of nitrogens with zero attached hydrogens (tertiary/aromatic N) is 4. The fourth-order valence-electron chi connectivity index (χ4n) is 3.58. The summed E-state index contributed by atoms with van der Waals surface area (Å²) in [6, 6.07) is 28.7. The van der Waals surface area contributed by atoms with Crippen LogP contribution < -0.4 is 0 Å². The minimum Gasteiger partial charge on any atom is -0.254 e. The van der Waals surface area contributed by atoms with Crippen molar-refractivity contribution in [3.05, 3.63) is 109 Å². The van der Waals surface area contributed by atoms with Gasteiger partial charge in [-0.3, -0.25) is 4.98 Å². The monoisotopic (exact) mass is 420 g/mol. The Morgan fingerprint density at radius 2 is 1.16 bits per heavy atom. The first-order valence-corrected chi connectivity index (χ1v) is 10.2. The second-order valence-corrected chi connectivity index (χ2v) is 7.48. The lowest BCUT2D eigenvalue weighted by Crippen LogP contribution is -1.91. The van der Waals surface area contributed by atoms with E-state index in [4.69, 9.17) is 11.6 Å². The van der Waals surface area contributed by atoms with Gasteiger partial charge in [-0.2, -0.15) is 0 Å². The molecule has 0 N–H and O–H groups in total. The van der Waals surface area contributed by atoms with Gasteiger partial charge in [0.05, 0.1) is 10.7 Å². The molecule has 31 heavy (non-hydrogen) atoms. The lowest BCUT2D eigenvalue weighted by atomic mass is 9.95. The van der Waals surface area contributed by atoms with Gasteiger partial charge in [0, 0.05) is 22.9 Å². The molecule has 0 amide bonds. The van der Waals surface area contributed by atoms with Gasteiger partial charge in [-0.15, -0.1) is 0 Å². The van der Waals surface area contributed by atoms with Crippen LogP contribution >= 0.6 is 11.6 Å². The molecule has 0 saturated carbocycles. The molecule has 0 unspecified atom stereocenters. The minimum atomic E-state index is 0.608. The zero-order chi connectivity index (χ0) is 21.0. The fraction of sp³-hybridized carbons (Fsp3) is 0. The van der Waals surface area contributed by atoms with Crippen LogP contribution in [-0.4, -0.2) is 19.9 Å². The maximum Gasteiger partial charge on any atom is 0.162 e. The maximum atomic E-state index is 6.32. The normalized spacial score (nSPS) is 10.7. The Morgan fingerprint density at radius 3 is 1.90 bits per heavy atom. The predicted octanol–water partition coefficient (Wildman–Crippen LogP) is 6.59. The van der Waals surface area contributed by atoms with Crippen LogP contribution in [0.3, 0.4) is 0 Å². The Bertz CT molecular complexity index is 1340. The first-order valence-electron chi connectivity index (χ1n) is 9.82. The van der Waals surface area contributed by atoms with Crippen molar-refractivity contribution in [2.75, 3.05) is 0 Å². The van der Waals surface area contributed by atoms with E-state index in [0.717, 1.165) is 39.1 Å². The average Bonchev–Trinajstić information content (AvgIpc) is 2.85. The van der Waals surface area contributed by atoms with Gasteiger partial charge in [-0.1, -0.05) is 78.3 Å². The zero-order valence-corrected chi connectivity index (χ0v) is 17.2. The summed E-state index contributed by atoms with van der Waals surface area (Å²) >= 11 is 6.32. The van der Waals surface area contributed by atoms with Crippen LogP contribution in [0.1, 0.15) is 0 Å². The van der Waals surface area contributed by atoms with Gasteiger partial charge in [0.25, 0.3) is 0 Å². The van der Waals surface area contributed by atoms with Crippen molar-refractivity contribution in [1.82, 2.24) is 19.9 Å². The molecule has 0 bridgehead atoms. The molecule has 0 saturated heterocycles. The molecule has 148 valence electrons. The second-order valence-electron chi connectivity index (χ2n) is 7.04. The molecular weight excluding hydrogens is 404 g/mol. The van der Waals surface area contributed by atoms with Crippen molar-refractivity contribution in [1.29, 1.82) is 0 Å². The summed E-state index contributed by atoms with van der Waals surface area (Å²) in [5, 5.41) is 0.608. The molecule has 3 aromatic carbocycles. The van der Waals surface area contributed by atoms with E-state index in [1.165, 1.54) is 12.7 Å². The van der Waals surface area contributed by atoms with Gasteiger partial charge in [0.2, 0.25) is 0 Å². The number of rotatable bonds is 4. The van der Waals surface area contributed by atoms with Crippen LogP contribution in [0.15, 0.2) is 104 Å². The van der Waals surface area contributed by atoms with Gasteiger partial charge in [-0.25, -0.2) is 15.0 Å². The fourth-order valence-corrected chi connectivity index (χ4v) is 3.74. The van der Waals surface area contributed by atoms with Crippen LogP contribution in [0.25, 0.3) is 44.9 Å². The van der Waals surface area contributed by atoms with E-state index in [9.17, 15) is 0 Å². The minimum absolute atomic E-state index is 0.608. The van der Waals surface area contributed by atoms with Crippen molar-refractivity contribution in [2.45, 2.75) is 0 Å². The molecule has 2 heterocycles. The van der Waals surface area contributed by atoms with Gasteiger partial charge in [0.1, 0.15) is 12.7 Å². The zero-order valence-electron chi connectivity index (χ0n) is 16.5. The molecule has 0 aliphatic heterocycles. The van der Waals surface area contributed by atoms with Crippen LogP contribution in [0.4, 0.5) is 0 Å². The van der Waals surface area contributed by atoms with E-state index in [-0.39, 0.29) is 0 Å². The highest BCUT2D eigenvalue weighted by Gasteiger charge is 2.11. The molecule has 5 heteroatoms. The molecule has 0 atom stereocenters. The van der Waals surface area contributed by atoms with Gasteiger partial charge in [0.15, 0.2) is 5.82 Å². The molecule has 0 spiro atoms. The summed E-state index contributed by atoms with van der Waals surface area (Å²) < 4.78 is 0. The highest BCUT2D eigenvalue weighted by atomic mass is 35.5. The Kier molecular flexibility index (Phi) is 5.21. The average molecular weight is 421 g/mol. The number of hydrogen-bond donors (Lipinski definition) is 0. The van der Waals surface area contributed by atoms with E-state index < -0.39 is 0 Å². The molecule has 5 aromatic rings. The summed E-state index contributed by atoms with van der Waals surface area (Å²) in [7, 11) is 0. The molecule has 0 aliphatic rings. The van der Waals surface area contributed by atoms with E-state index in [2.05, 4.69) is 68.5 Å². The SMILES string of the molecule is Clc1cnc(-c2ccccc2)c(-c2cccc(-c3cccc(-c4ncncn4)c3)c2)c1. The van der Waals surface area contributed by atoms with Crippen molar-refractivity contribution in [3.63, 3.8) is 0 Å². The van der Waals surface area contributed by atoms with Crippen molar-refractivity contribution >= 4 is 11.6 Å². The molecule has 0 radical (unpaired) electrons. The van der Waals surface area contributed by atoms with Gasteiger partial charge < -0.3 is 0 Å². The topological polar surface area (TPSA) is 51.6 Å². The number of hydrogen-bond acceptors (Lipinski definition) is 4. The van der Waals surface area contributed by atoms with Crippen LogP contribution in [0, 0.1) is 0 Å². The summed E-state index contributed by atoms with van der Waals surface area (Å²) in [4.78, 5) is 17.0. The van der Waals surface area contributed by atoms with Crippen molar-refractivity contribution < 1.29 is 0 Å². The molecule has 0 fully saturated rings. The first-order chi connectivity index (χ1) is 15.3. The van der Waals surface area contributed by atoms with Gasteiger partial charge >= 0.3 is 0 Å². The third kappa shape index (κ3) is 4.06. The van der Waals surface area contributed by atoms with E-state index in [1.807, 2.05) is 36.4 Å². The smallest absolute Gasteiger partial charge is 0.162 e. The van der Waals surface area contributed by atoms with Gasteiger partial charge in [-0.05, 0) is 34.9 Å². The number of benzene rings is 3. The third-order valence-electron chi connectivity index (χ3n) is 5.02. The lowest BCUT2D eigenvalue weighted by molar-refractivity contribution is 1.06. The van der Waals surface area contributed by atoms with Crippen molar-refractivity contribution in [3.8, 4) is 44.9 Å². The van der Waals surface area contributed by atoms with Crippen molar-refractivity contribution in [2.24, 2.45) is 0 Å². The summed E-state index contributed by atoms with van der Waals surface area (Å²) in [6.45, 7) is 0. The molecule has 2 aromatic heterocycles. The first kappa shape index (κ1) is 19.1. The Hall–Kier alpha value is -3.89. The third-order valence-corrected chi connectivity index (χ3v) is 5.23. The summed E-state index contributed by atoms with van der Waals surface area (Å²) in [6.07, 6.45) is 4.70. The van der Waals surface area contributed by atoms with Crippen LogP contribution in [-0.2, 0) is 0 Å². The second kappa shape index (κ2) is 8.46. The largest absolute Gasteiger partial charge is 0.254 e. The Morgan fingerprint density at radius 1 is 0.548 bits per heavy atom.